The van der Waals surface area contributed by atoms with Crippen LogP contribution in [0.2, 0.25) is 0 Å². The number of carboxylic acids is 1. The average Bonchev–Trinajstić information content (AvgIpc) is 2.38. The number of carbonyl (C=O) groups excluding carboxylic acids is 1. The molecule has 21 heavy (non-hydrogen) atoms. The van der Waals surface area contributed by atoms with Crippen LogP contribution in [0.4, 0.5) is 0 Å². The molecule has 0 bridgehead atoms. The molecular weight excluding hydrogens is 266 g/mol. The summed E-state index contributed by atoms with van der Waals surface area (Å²) in [5, 5.41) is 12.6. The van der Waals surface area contributed by atoms with Gasteiger partial charge in [-0.3, -0.25) is 9.59 Å². The van der Waals surface area contributed by atoms with Crippen LogP contribution in [0.15, 0.2) is 0 Å². The molecule has 1 amide bonds. The van der Waals surface area contributed by atoms with Crippen LogP contribution in [0.3, 0.4) is 0 Å². The molecule has 2 N–H and O–H groups in total. The maximum atomic E-state index is 12.3. The first-order valence-electron chi connectivity index (χ1n) is 8.36. The maximum absolute atomic E-state index is 12.3. The van der Waals surface area contributed by atoms with Crippen molar-refractivity contribution in [2.45, 2.75) is 84.1 Å². The summed E-state index contributed by atoms with van der Waals surface area (Å²) in [6, 6.07) is 0.218. The fourth-order valence-electron chi connectivity index (χ4n) is 4.10. The summed E-state index contributed by atoms with van der Waals surface area (Å²) in [6.45, 7) is 4.48. The third-order valence-corrected chi connectivity index (χ3v) is 5.33. The van der Waals surface area contributed by atoms with E-state index in [0.29, 0.717) is 12.8 Å². The van der Waals surface area contributed by atoms with Crippen LogP contribution in [0.25, 0.3) is 0 Å². The molecule has 120 valence electrons. The number of hydrogen-bond acceptors (Lipinski definition) is 2. The largest absolute Gasteiger partial charge is 0.481 e. The Kier molecular flexibility index (Phi) is 4.95. The van der Waals surface area contributed by atoms with Crippen LogP contribution >= 0.6 is 0 Å². The van der Waals surface area contributed by atoms with E-state index in [9.17, 15) is 14.7 Å². The number of nitrogens with one attached hydrogen (secondary N) is 1. The molecule has 0 saturated heterocycles. The number of carbonyl (C=O) groups is 2. The second kappa shape index (κ2) is 6.37. The van der Waals surface area contributed by atoms with Gasteiger partial charge in [0.25, 0.3) is 0 Å². The summed E-state index contributed by atoms with van der Waals surface area (Å²) in [6.07, 6.45) is 8.76. The molecule has 4 heteroatoms. The Morgan fingerprint density at radius 3 is 2.33 bits per heavy atom. The zero-order chi connectivity index (χ0) is 15.5. The van der Waals surface area contributed by atoms with E-state index in [1.165, 1.54) is 6.42 Å². The van der Waals surface area contributed by atoms with Crippen molar-refractivity contribution in [1.29, 1.82) is 0 Å². The molecule has 0 spiro atoms. The maximum Gasteiger partial charge on any atom is 0.310 e. The van der Waals surface area contributed by atoms with Gasteiger partial charge >= 0.3 is 5.97 Å². The minimum absolute atomic E-state index is 0.0676. The highest BCUT2D eigenvalue weighted by atomic mass is 16.4. The predicted octanol–water partition coefficient (Wildman–Crippen LogP) is 3.50. The van der Waals surface area contributed by atoms with Gasteiger partial charge in [0.15, 0.2) is 0 Å². The molecule has 4 nitrogen and oxygen atoms in total. The lowest BCUT2D eigenvalue weighted by molar-refractivity contribution is -0.154. The normalized spacial score (nSPS) is 27.8. The van der Waals surface area contributed by atoms with Gasteiger partial charge in [0.1, 0.15) is 0 Å². The van der Waals surface area contributed by atoms with E-state index >= 15 is 0 Å². The standard InChI is InChI=1S/C17H29NO3/c1-16(2)8-6-7-13(11-16)18-14(19)12-17(15(20)21)9-4-3-5-10-17/h13H,3-12H2,1-2H3,(H,18,19)(H,20,21). The third kappa shape index (κ3) is 4.21. The van der Waals surface area contributed by atoms with Crippen LogP contribution in [0, 0.1) is 10.8 Å². The monoisotopic (exact) mass is 295 g/mol. The first-order chi connectivity index (χ1) is 9.83. The second-order valence-electron chi connectivity index (χ2n) is 7.85. The van der Waals surface area contributed by atoms with Gasteiger partial charge < -0.3 is 10.4 Å². The Bertz CT molecular complexity index is 397. The van der Waals surface area contributed by atoms with E-state index in [1.54, 1.807) is 0 Å². The number of aliphatic carboxylic acids is 1. The van der Waals surface area contributed by atoms with Crippen LogP contribution in [0.5, 0.6) is 0 Å². The van der Waals surface area contributed by atoms with E-state index < -0.39 is 11.4 Å². The molecule has 2 aliphatic carbocycles. The van der Waals surface area contributed by atoms with Crippen LogP contribution in [0.1, 0.15) is 78.1 Å². The van der Waals surface area contributed by atoms with Gasteiger partial charge in [0.05, 0.1) is 5.41 Å². The van der Waals surface area contributed by atoms with E-state index in [2.05, 4.69) is 19.2 Å². The number of hydrogen-bond donors (Lipinski definition) is 2. The highest BCUT2D eigenvalue weighted by Crippen LogP contribution is 2.40. The van der Waals surface area contributed by atoms with Crippen molar-refractivity contribution < 1.29 is 14.7 Å². The molecule has 1 unspecified atom stereocenters. The SMILES string of the molecule is CC1(C)CCCC(NC(=O)CC2(C(=O)O)CCCCC2)C1. The smallest absolute Gasteiger partial charge is 0.310 e. The van der Waals surface area contributed by atoms with Gasteiger partial charge in [0, 0.05) is 12.5 Å². The third-order valence-electron chi connectivity index (χ3n) is 5.33. The molecule has 2 aliphatic rings. The molecule has 2 fully saturated rings. The van der Waals surface area contributed by atoms with E-state index in [0.717, 1.165) is 38.5 Å². The average molecular weight is 295 g/mol. The van der Waals surface area contributed by atoms with Gasteiger partial charge in [-0.15, -0.1) is 0 Å². The van der Waals surface area contributed by atoms with Crippen molar-refractivity contribution in [1.82, 2.24) is 5.32 Å². The molecule has 2 rings (SSSR count). The van der Waals surface area contributed by atoms with Crippen molar-refractivity contribution in [3.8, 4) is 0 Å². The minimum atomic E-state index is -0.813. The van der Waals surface area contributed by atoms with E-state index in [4.69, 9.17) is 0 Å². The van der Waals surface area contributed by atoms with Gasteiger partial charge in [-0.2, -0.15) is 0 Å². The van der Waals surface area contributed by atoms with E-state index in [1.807, 2.05) is 0 Å². The molecule has 0 aliphatic heterocycles. The lowest BCUT2D eigenvalue weighted by Gasteiger charge is -2.37. The van der Waals surface area contributed by atoms with Crippen molar-refractivity contribution in [3.63, 3.8) is 0 Å². The van der Waals surface area contributed by atoms with Crippen LogP contribution in [-0.4, -0.2) is 23.0 Å². The Hall–Kier alpha value is -1.06. The van der Waals surface area contributed by atoms with Gasteiger partial charge in [-0.05, 0) is 37.5 Å². The fraction of sp³-hybridized carbons (Fsp3) is 0.882. The molecule has 0 radical (unpaired) electrons. The molecule has 0 heterocycles. The summed E-state index contributed by atoms with van der Waals surface area (Å²) in [5.41, 5.74) is -0.530. The Labute approximate surface area is 127 Å². The minimum Gasteiger partial charge on any atom is -0.481 e. The summed E-state index contributed by atoms with van der Waals surface area (Å²) in [7, 11) is 0. The highest BCUT2D eigenvalue weighted by Gasteiger charge is 2.42. The summed E-state index contributed by atoms with van der Waals surface area (Å²) in [5.74, 6) is -0.858. The fourth-order valence-corrected chi connectivity index (χ4v) is 4.10. The quantitative estimate of drug-likeness (QED) is 0.834. The lowest BCUT2D eigenvalue weighted by atomic mass is 9.71. The molecule has 0 aromatic carbocycles. The summed E-state index contributed by atoms with van der Waals surface area (Å²) < 4.78 is 0. The second-order valence-corrected chi connectivity index (χ2v) is 7.85. The van der Waals surface area contributed by atoms with Gasteiger partial charge in [-0.1, -0.05) is 39.5 Å². The predicted molar refractivity (Wildman–Crippen MR) is 82.0 cm³/mol. The number of carboxylic acid groups (broad SMARTS) is 1. The molecule has 0 aromatic rings. The molecule has 0 aromatic heterocycles. The Morgan fingerprint density at radius 1 is 1.10 bits per heavy atom. The van der Waals surface area contributed by atoms with Crippen LogP contribution in [-0.2, 0) is 9.59 Å². The van der Waals surface area contributed by atoms with E-state index in [-0.39, 0.29) is 23.8 Å². The first-order valence-corrected chi connectivity index (χ1v) is 8.36. The summed E-state index contributed by atoms with van der Waals surface area (Å²) in [4.78, 5) is 24.0. The topological polar surface area (TPSA) is 66.4 Å². The van der Waals surface area contributed by atoms with Crippen molar-refractivity contribution >= 4 is 11.9 Å². The van der Waals surface area contributed by atoms with Gasteiger partial charge in [-0.25, -0.2) is 0 Å². The summed E-state index contributed by atoms with van der Waals surface area (Å²) >= 11 is 0. The van der Waals surface area contributed by atoms with Gasteiger partial charge in [0.2, 0.25) is 5.91 Å². The molecular formula is C17H29NO3. The zero-order valence-corrected chi connectivity index (χ0v) is 13.4. The Morgan fingerprint density at radius 2 is 1.76 bits per heavy atom. The molecule has 2 saturated carbocycles. The Balaban J connectivity index is 1.92. The van der Waals surface area contributed by atoms with Crippen molar-refractivity contribution in [2.75, 3.05) is 0 Å². The van der Waals surface area contributed by atoms with Crippen LogP contribution < -0.4 is 5.32 Å². The number of rotatable bonds is 4. The van der Waals surface area contributed by atoms with Crippen molar-refractivity contribution in [3.05, 3.63) is 0 Å². The first kappa shape index (κ1) is 16.3. The highest BCUT2D eigenvalue weighted by molar-refractivity contribution is 5.85. The number of amides is 1. The van der Waals surface area contributed by atoms with Crippen molar-refractivity contribution in [2.24, 2.45) is 10.8 Å². The zero-order valence-electron chi connectivity index (χ0n) is 13.4. The molecule has 1 atom stereocenters. The lowest BCUT2D eigenvalue weighted by Crippen LogP contribution is -2.44.